The van der Waals surface area contributed by atoms with Crippen LogP contribution in [-0.4, -0.2) is 32.6 Å². The summed E-state index contributed by atoms with van der Waals surface area (Å²) in [4.78, 5) is 27.8. The summed E-state index contributed by atoms with van der Waals surface area (Å²) in [6.07, 6.45) is 10.3. The highest BCUT2D eigenvalue weighted by atomic mass is 16.4. The van der Waals surface area contributed by atoms with Crippen LogP contribution in [-0.2, 0) is 9.59 Å². The molecule has 0 unspecified atom stereocenters. The summed E-state index contributed by atoms with van der Waals surface area (Å²) >= 11 is 0. The van der Waals surface area contributed by atoms with Gasteiger partial charge in [0, 0.05) is 30.4 Å². The number of hydrogen-bond acceptors (Lipinski definition) is 3. The number of nitrogens with zero attached hydrogens (tertiary/aromatic N) is 2. The lowest BCUT2D eigenvalue weighted by molar-refractivity contribution is -0.155. The fourth-order valence-electron chi connectivity index (χ4n) is 4.64. The number of rotatable bonds is 4. The van der Waals surface area contributed by atoms with Crippen molar-refractivity contribution >= 4 is 11.9 Å². The molecule has 3 fully saturated rings. The third-order valence-electron chi connectivity index (χ3n) is 5.96. The van der Waals surface area contributed by atoms with Gasteiger partial charge in [0.2, 0.25) is 5.91 Å². The van der Waals surface area contributed by atoms with Crippen LogP contribution in [0, 0.1) is 23.7 Å². The summed E-state index contributed by atoms with van der Waals surface area (Å²) < 4.78 is 2.04. The second kappa shape index (κ2) is 5.11. The largest absolute Gasteiger partial charge is 0.481 e. The maximum absolute atomic E-state index is 12.4. The summed E-state index contributed by atoms with van der Waals surface area (Å²) in [6, 6.07) is 0.207. The summed E-state index contributed by atoms with van der Waals surface area (Å²) in [5, 5.41) is 12.4. The van der Waals surface area contributed by atoms with Crippen LogP contribution in [0.3, 0.4) is 0 Å². The molecule has 0 aliphatic heterocycles. The Hall–Kier alpha value is -1.85. The van der Waals surface area contributed by atoms with Gasteiger partial charge >= 0.3 is 5.97 Å². The lowest BCUT2D eigenvalue weighted by atomic mass is 9.62. The molecule has 4 atom stereocenters. The molecule has 0 aromatic carbocycles. The molecule has 2 N–H and O–H groups in total. The normalized spacial score (nSPS) is 39.5. The van der Waals surface area contributed by atoms with E-state index in [0.29, 0.717) is 12.0 Å². The van der Waals surface area contributed by atoms with Crippen LogP contribution in [0.4, 0.5) is 0 Å². The van der Waals surface area contributed by atoms with Gasteiger partial charge in [0.1, 0.15) is 0 Å². The number of carbonyl (C=O) groups is 2. The number of nitrogens with one attached hydrogen (secondary N) is 1. The summed E-state index contributed by atoms with van der Waals surface area (Å²) in [5.74, 6) is -0.406. The van der Waals surface area contributed by atoms with E-state index in [2.05, 4.69) is 10.3 Å². The van der Waals surface area contributed by atoms with Gasteiger partial charge in [0.15, 0.2) is 0 Å². The topological polar surface area (TPSA) is 84.2 Å². The van der Waals surface area contributed by atoms with E-state index in [1.165, 1.54) is 0 Å². The van der Waals surface area contributed by atoms with E-state index in [4.69, 9.17) is 0 Å². The van der Waals surface area contributed by atoms with Crippen LogP contribution in [0.1, 0.15) is 38.1 Å². The third-order valence-corrected chi connectivity index (χ3v) is 5.96. The number of carbonyl (C=O) groups excluding carboxylic acids is 1. The predicted molar refractivity (Wildman–Crippen MR) is 77.9 cm³/mol. The van der Waals surface area contributed by atoms with Crippen LogP contribution in [0.15, 0.2) is 18.7 Å². The van der Waals surface area contributed by atoms with E-state index < -0.39 is 5.97 Å². The summed E-state index contributed by atoms with van der Waals surface area (Å²) in [5.41, 5.74) is 0. The minimum atomic E-state index is -0.752. The Balaban J connectivity index is 1.34. The van der Waals surface area contributed by atoms with Crippen molar-refractivity contribution in [2.45, 2.75) is 44.2 Å². The molecule has 0 spiro atoms. The van der Waals surface area contributed by atoms with Crippen molar-refractivity contribution in [2.24, 2.45) is 23.7 Å². The summed E-state index contributed by atoms with van der Waals surface area (Å²) in [7, 11) is 0. The monoisotopic (exact) mass is 303 g/mol. The average molecular weight is 303 g/mol. The number of carboxylic acids is 1. The zero-order chi connectivity index (χ0) is 15.3. The van der Waals surface area contributed by atoms with Gasteiger partial charge in [-0.25, -0.2) is 4.98 Å². The Morgan fingerprint density at radius 3 is 2.68 bits per heavy atom. The molecule has 22 heavy (non-hydrogen) atoms. The number of carboxylic acid groups (broad SMARTS) is 1. The third kappa shape index (κ3) is 2.04. The molecule has 1 heterocycles. The summed E-state index contributed by atoms with van der Waals surface area (Å²) in [6.45, 7) is 0. The molecule has 1 aromatic heterocycles. The van der Waals surface area contributed by atoms with Gasteiger partial charge < -0.3 is 15.0 Å². The maximum atomic E-state index is 12.4. The molecule has 6 heteroatoms. The minimum Gasteiger partial charge on any atom is -0.481 e. The highest BCUT2D eigenvalue weighted by Gasteiger charge is 2.56. The fourth-order valence-corrected chi connectivity index (χ4v) is 4.64. The van der Waals surface area contributed by atoms with Crippen molar-refractivity contribution in [3.63, 3.8) is 0 Å². The SMILES string of the molecule is O=C(N[C@H]1[C@@H]2CCC[C@@H]2[C@@H]1C(=O)O)C1CC(n2ccnc2)C1. The molecule has 118 valence electrons. The number of fused-ring (bicyclic) bond motifs is 1. The van der Waals surface area contributed by atoms with Gasteiger partial charge in [-0.15, -0.1) is 0 Å². The number of aliphatic carboxylic acids is 1. The quantitative estimate of drug-likeness (QED) is 0.881. The minimum absolute atomic E-state index is 0.0160. The first-order valence-electron chi connectivity index (χ1n) is 8.16. The molecule has 0 bridgehead atoms. The molecule has 6 nitrogen and oxygen atoms in total. The Bertz CT molecular complexity index is 579. The Kier molecular flexibility index (Phi) is 3.20. The first-order chi connectivity index (χ1) is 10.6. The van der Waals surface area contributed by atoms with Crippen LogP contribution in [0.2, 0.25) is 0 Å². The molecule has 1 amide bonds. The number of hydrogen-bond donors (Lipinski definition) is 2. The van der Waals surface area contributed by atoms with Crippen LogP contribution in [0.5, 0.6) is 0 Å². The molecular weight excluding hydrogens is 282 g/mol. The molecular formula is C16H21N3O3. The standard InChI is InChI=1S/C16H21N3O3/c20-15(9-6-10(7-9)19-5-4-17-8-19)18-14-12-3-1-2-11(12)13(14)16(21)22/h4-5,8-14H,1-3,6-7H2,(H,18,20)(H,21,22)/t9?,10?,11-,12+,13-,14-/m0/s1. The van der Waals surface area contributed by atoms with E-state index in [9.17, 15) is 14.7 Å². The smallest absolute Gasteiger partial charge is 0.308 e. The molecule has 3 aliphatic rings. The number of amides is 1. The first kappa shape index (κ1) is 13.8. The van der Waals surface area contributed by atoms with Crippen molar-refractivity contribution in [3.8, 4) is 0 Å². The Labute approximate surface area is 128 Å². The maximum Gasteiger partial charge on any atom is 0.308 e. The van der Waals surface area contributed by atoms with E-state index in [1.807, 2.05) is 10.8 Å². The van der Waals surface area contributed by atoms with Crippen molar-refractivity contribution in [1.29, 1.82) is 0 Å². The number of aromatic nitrogens is 2. The van der Waals surface area contributed by atoms with Crippen LogP contribution >= 0.6 is 0 Å². The molecule has 3 aliphatic carbocycles. The average Bonchev–Trinajstić information content (AvgIpc) is 3.04. The van der Waals surface area contributed by atoms with E-state index in [1.54, 1.807) is 12.5 Å². The Morgan fingerprint density at radius 2 is 2.00 bits per heavy atom. The van der Waals surface area contributed by atoms with Crippen LogP contribution < -0.4 is 5.32 Å². The predicted octanol–water partition coefficient (Wildman–Crippen LogP) is 1.45. The zero-order valence-electron chi connectivity index (χ0n) is 12.4. The second-order valence-electron chi connectivity index (χ2n) is 6.99. The molecule has 3 saturated carbocycles. The molecule has 0 radical (unpaired) electrons. The van der Waals surface area contributed by atoms with Gasteiger partial charge in [0.05, 0.1) is 12.2 Å². The zero-order valence-corrected chi connectivity index (χ0v) is 12.4. The van der Waals surface area contributed by atoms with E-state index in [-0.39, 0.29) is 29.7 Å². The Morgan fingerprint density at radius 1 is 1.23 bits per heavy atom. The van der Waals surface area contributed by atoms with Crippen molar-refractivity contribution < 1.29 is 14.7 Å². The van der Waals surface area contributed by atoms with E-state index >= 15 is 0 Å². The first-order valence-corrected chi connectivity index (χ1v) is 8.16. The van der Waals surface area contributed by atoms with Gasteiger partial charge in [-0.3, -0.25) is 9.59 Å². The lowest BCUT2D eigenvalue weighted by Gasteiger charge is -2.48. The molecule has 0 saturated heterocycles. The number of imidazole rings is 1. The van der Waals surface area contributed by atoms with Crippen molar-refractivity contribution in [3.05, 3.63) is 18.7 Å². The molecule has 4 rings (SSSR count). The van der Waals surface area contributed by atoms with E-state index in [0.717, 1.165) is 32.1 Å². The lowest BCUT2D eigenvalue weighted by Crippen LogP contribution is -2.62. The van der Waals surface area contributed by atoms with Crippen LogP contribution in [0.25, 0.3) is 0 Å². The van der Waals surface area contributed by atoms with Crippen molar-refractivity contribution in [1.82, 2.24) is 14.9 Å². The fraction of sp³-hybridized carbons (Fsp3) is 0.688. The second-order valence-corrected chi connectivity index (χ2v) is 6.99. The molecule has 1 aromatic rings. The van der Waals surface area contributed by atoms with Gasteiger partial charge in [0.25, 0.3) is 0 Å². The van der Waals surface area contributed by atoms with Gasteiger partial charge in [-0.2, -0.15) is 0 Å². The van der Waals surface area contributed by atoms with Gasteiger partial charge in [-0.05, 0) is 37.5 Å². The van der Waals surface area contributed by atoms with Gasteiger partial charge in [-0.1, -0.05) is 6.42 Å². The highest BCUT2D eigenvalue weighted by Crippen LogP contribution is 2.51. The van der Waals surface area contributed by atoms with Crippen molar-refractivity contribution in [2.75, 3.05) is 0 Å². The highest BCUT2D eigenvalue weighted by molar-refractivity contribution is 5.82.